The van der Waals surface area contributed by atoms with Crippen molar-refractivity contribution in [1.82, 2.24) is 39.8 Å². The number of piperidine rings is 2. The highest BCUT2D eigenvalue weighted by Crippen LogP contribution is 2.49. The number of carbonyl (C=O) groups excluding carboxylic acids is 4. The second kappa shape index (κ2) is 59.1. The van der Waals surface area contributed by atoms with Crippen LogP contribution in [0.25, 0.3) is 6.08 Å². The molecule has 3 fully saturated rings. The lowest BCUT2D eigenvalue weighted by atomic mass is 9.82. The van der Waals surface area contributed by atoms with Crippen molar-refractivity contribution in [3.8, 4) is 23.3 Å². The summed E-state index contributed by atoms with van der Waals surface area (Å²) < 4.78 is 110. The van der Waals surface area contributed by atoms with Crippen LogP contribution in [0.5, 0.6) is 23.3 Å². The van der Waals surface area contributed by atoms with E-state index in [1.54, 1.807) is 127 Å². The third-order valence-electron chi connectivity index (χ3n) is 20.0. The van der Waals surface area contributed by atoms with Crippen LogP contribution in [0.4, 0.5) is 22.5 Å². The average molecular weight is 2130 g/mol. The van der Waals surface area contributed by atoms with Gasteiger partial charge in [0.1, 0.15) is 35.9 Å². The summed E-state index contributed by atoms with van der Waals surface area (Å²) in [4.78, 5) is 70.4. The number of nitrogens with one attached hydrogen (secondary N) is 2. The molecule has 4 aliphatic heterocycles. The summed E-state index contributed by atoms with van der Waals surface area (Å²) in [6.45, 7) is 30.4. The van der Waals surface area contributed by atoms with Gasteiger partial charge in [0.05, 0.1) is 24.4 Å². The standard InChI is InChI=1S/C19H28NO5P.C16H21BN2O2.C14H13NO.C12H10BrNO.C12H21NO3.C7H7Br.C7H8ClO2P.C7H13NO.C5H4BrNO.C2H3BF3/c1-6-15-12-13-17(20(14-15)18(21)23-19(2,3)4)25-26(5,22)24-16-10-8-7-9-11-16;1-15(2)16(3,4)21-17(20-15)14-10-18-19(12-14)11-13-8-6-5-7-9-13;1-2-12-8-9-14(15-10-12)16-11-13-6-4-3-5-7-13;13-11-6-7-12(14-8-11)15-9-10-4-2-1-3-5-10;1-5-9-6-7-10(14)13(8-9)11(15)16-12(2,3)4;8-6-7-4-2-1-3-5-7;1-11(8,9)10-7-5-3-2-4-6-7;1-2-6-3-4-7(9)8-5-6;6-4-1-2-5(8)7-3-4;1-2-3(4,5)6/h7-11,13,15H,6,12,14H2,1-5H3;5-10,12H,11H2,1-4H3;2-10H,1,11H2;1-8H,9H2;9H,5-8H2,1-4H3;1-5H,6H2;2-6H,1H3;6H,2-5H2,1H3,(H,8,9);1-3H,(H,7,8);2H,1H2/q;;;;;;;;;-1. The van der Waals surface area contributed by atoms with Crippen LogP contribution in [0.15, 0.2) is 294 Å². The number of ether oxygens (including phenoxy) is 4. The molecule has 4 aliphatic rings. The van der Waals surface area contributed by atoms with E-state index in [2.05, 4.69) is 159 Å². The van der Waals surface area contributed by atoms with E-state index in [0.717, 1.165) is 94.0 Å². The van der Waals surface area contributed by atoms with Crippen LogP contribution in [-0.2, 0) is 67.1 Å². The highest BCUT2D eigenvalue weighted by molar-refractivity contribution is 9.10. The number of amides is 4. The summed E-state index contributed by atoms with van der Waals surface area (Å²) in [6.07, 6.45) is 18.4. The SMILES string of the molecule is BrCc1ccccc1.Brc1ccc(OCc2ccccc2)nc1.C=C[B-](F)(F)F.C=Cc1ccc(OCc2ccccc2)nc1.CC1(C)OB(c2cnn(Cc3ccccc3)c2)OC1(C)C.CCC1CC=C(OP(C)(=O)Oc2ccccc2)N(C(=O)OC(C)(C)C)C1.CCC1CCC(=O)N(C(=O)OC(C)(C)C)C1.CCC1CCC(=O)NC1.CP(=O)(Cl)Oc1ccccc1.O=c1ccc(Br)c[nH]1. The quantitative estimate of drug-likeness (QED) is 0.0384. The number of carbonyl (C=O) groups is 4. The molecule has 6 aromatic carbocycles. The Kier molecular flexibility index (Phi) is 50.5. The molecule has 0 saturated carbocycles. The highest BCUT2D eigenvalue weighted by Gasteiger charge is 2.52. The number of halogens is 7. The molecule has 0 radical (unpaired) electrons. The number of benzene rings is 6. The molecule has 734 valence electrons. The summed E-state index contributed by atoms with van der Waals surface area (Å²) in [5, 5.41) is 8.20. The van der Waals surface area contributed by atoms with E-state index in [-0.39, 0.29) is 47.6 Å². The van der Waals surface area contributed by atoms with Gasteiger partial charge in [0, 0.05) is 108 Å². The van der Waals surface area contributed by atoms with Crippen molar-refractivity contribution in [2.45, 2.75) is 189 Å². The summed E-state index contributed by atoms with van der Waals surface area (Å²) in [5.74, 6) is 4.06. The smallest absolute Gasteiger partial charge is 0.473 e. The zero-order chi connectivity index (χ0) is 101. The molecular formula is C101H128B2Br3ClF3N8O16P2-. The van der Waals surface area contributed by atoms with Crippen molar-refractivity contribution in [3.05, 3.63) is 328 Å². The van der Waals surface area contributed by atoms with Crippen molar-refractivity contribution in [3.63, 3.8) is 0 Å². The normalized spacial score (nSPS) is 16.4. The van der Waals surface area contributed by atoms with Gasteiger partial charge in [-0.3, -0.25) is 23.6 Å². The largest absolute Gasteiger partial charge is 0.501 e. The first-order valence-electron chi connectivity index (χ1n) is 44.5. The molecule has 4 aromatic heterocycles. The minimum Gasteiger partial charge on any atom is -0.473 e. The molecule has 2 N–H and O–H groups in total. The Bertz CT molecular complexity index is 5350. The van der Waals surface area contributed by atoms with Gasteiger partial charge in [0.2, 0.25) is 35.0 Å². The number of nitrogens with zero attached hydrogens (tertiary/aromatic N) is 6. The van der Waals surface area contributed by atoms with Gasteiger partial charge in [-0.15, -0.1) is 6.58 Å². The number of rotatable bonds is 21. The van der Waals surface area contributed by atoms with Crippen LogP contribution in [0.3, 0.4) is 0 Å². The Morgan fingerprint density at radius 2 is 1.04 bits per heavy atom. The number of hydrogen-bond acceptors (Lipinski definition) is 19. The van der Waals surface area contributed by atoms with Gasteiger partial charge >= 0.3 is 40.6 Å². The molecular weight excluding hydrogens is 2000 g/mol. The molecule has 5 unspecified atom stereocenters. The third kappa shape index (κ3) is 48.6. The van der Waals surface area contributed by atoms with Gasteiger partial charge in [-0.25, -0.2) is 33.9 Å². The number of pyridine rings is 3. The number of aromatic nitrogens is 5. The minimum atomic E-state index is -4.72. The summed E-state index contributed by atoms with van der Waals surface area (Å²) in [7, 11) is -3.80. The summed E-state index contributed by atoms with van der Waals surface area (Å²) >= 11 is 15.3. The first kappa shape index (κ1) is 116. The molecule has 3 saturated heterocycles. The van der Waals surface area contributed by atoms with Crippen LogP contribution < -0.4 is 34.9 Å². The van der Waals surface area contributed by atoms with Crippen LogP contribution in [0.2, 0.25) is 0 Å². The molecule has 0 aliphatic carbocycles. The molecule has 136 heavy (non-hydrogen) atoms. The number of para-hydroxylation sites is 2. The first-order valence-corrected chi connectivity index (χ1v) is 52.2. The third-order valence-corrected chi connectivity index (χ3v) is 23.4. The molecule has 14 rings (SSSR count). The second-order valence-corrected chi connectivity index (χ2v) is 42.2. The van der Waals surface area contributed by atoms with Crippen molar-refractivity contribution in [1.29, 1.82) is 0 Å². The maximum Gasteiger partial charge on any atom is 0.501 e. The lowest BCUT2D eigenvalue weighted by molar-refractivity contribution is -0.133. The lowest BCUT2D eigenvalue weighted by Gasteiger charge is -2.34. The number of hydrogen-bond donors (Lipinski definition) is 2. The van der Waals surface area contributed by atoms with Gasteiger partial charge < -0.3 is 65.1 Å². The second-order valence-electron chi connectivity index (χ2n) is 34.4. The van der Waals surface area contributed by atoms with E-state index in [0.29, 0.717) is 67.8 Å². The molecule has 24 nitrogen and oxygen atoms in total. The van der Waals surface area contributed by atoms with Crippen molar-refractivity contribution >= 4 is 123 Å². The van der Waals surface area contributed by atoms with E-state index < -0.39 is 44.7 Å². The predicted octanol–water partition coefficient (Wildman–Crippen LogP) is 26.3. The average Bonchev–Trinajstić information content (AvgIpc) is 1.62. The van der Waals surface area contributed by atoms with Gasteiger partial charge in [-0.05, 0) is 226 Å². The molecule has 8 heterocycles. The van der Waals surface area contributed by atoms with Gasteiger partial charge in [0.15, 0.2) is 0 Å². The fourth-order valence-corrected chi connectivity index (χ4v) is 14.5. The van der Waals surface area contributed by atoms with Crippen molar-refractivity contribution in [2.24, 2.45) is 17.8 Å². The topological polar surface area (TPSA) is 280 Å². The molecule has 0 spiro atoms. The first-order chi connectivity index (χ1) is 64.2. The Hall–Kier alpha value is -10.3. The van der Waals surface area contributed by atoms with Gasteiger partial charge in [0.25, 0.3) is 0 Å². The molecule has 0 bridgehead atoms. The van der Waals surface area contributed by atoms with Crippen LogP contribution in [0.1, 0.15) is 169 Å². The van der Waals surface area contributed by atoms with Crippen LogP contribution in [-0.4, -0.2) is 128 Å². The van der Waals surface area contributed by atoms with Crippen molar-refractivity contribution < 1.29 is 83.1 Å². The fourth-order valence-electron chi connectivity index (χ4n) is 11.9. The van der Waals surface area contributed by atoms with E-state index in [1.165, 1.54) is 46.7 Å². The van der Waals surface area contributed by atoms with E-state index >= 15 is 0 Å². The molecule has 5 atom stereocenters. The van der Waals surface area contributed by atoms with Crippen LogP contribution >= 0.6 is 73.3 Å². The van der Waals surface area contributed by atoms with Crippen LogP contribution in [0, 0.1) is 17.8 Å². The predicted molar refractivity (Wildman–Crippen MR) is 549 cm³/mol. The summed E-state index contributed by atoms with van der Waals surface area (Å²) in [6, 6.07) is 69.0. The number of imide groups is 1. The summed E-state index contributed by atoms with van der Waals surface area (Å²) in [5.41, 5.74) is 4.89. The number of aromatic amines is 1. The lowest BCUT2D eigenvalue weighted by Crippen LogP contribution is -2.46. The van der Waals surface area contributed by atoms with Gasteiger partial charge in [-0.1, -0.05) is 226 Å². The zero-order valence-electron chi connectivity index (χ0n) is 80.1. The highest BCUT2D eigenvalue weighted by atomic mass is 79.9. The Labute approximate surface area is 830 Å². The monoisotopic (exact) mass is 2120 g/mol. The Morgan fingerprint density at radius 1 is 0.588 bits per heavy atom. The molecule has 35 heteroatoms. The fraction of sp³-hybridized carbons (Fsp3) is 0.366. The number of allylic oxidation sites excluding steroid dienone is 1. The molecule has 10 aromatic rings. The maximum absolute atomic E-state index is 12.8. The van der Waals surface area contributed by atoms with Crippen molar-refractivity contribution in [2.75, 3.05) is 33.0 Å². The van der Waals surface area contributed by atoms with E-state index in [4.69, 9.17) is 53.1 Å². The Morgan fingerprint density at radius 3 is 1.44 bits per heavy atom. The number of H-pyrrole nitrogens is 1. The Balaban J connectivity index is 0.000000274. The minimum absolute atomic E-state index is 0. The molecule has 4 amide bonds. The van der Waals surface area contributed by atoms with Gasteiger partial charge in [-0.2, -0.15) is 11.1 Å². The number of likely N-dealkylation sites (tertiary alicyclic amines) is 1. The number of alkyl halides is 1. The van der Waals surface area contributed by atoms with E-state index in [1.807, 2.05) is 151 Å². The van der Waals surface area contributed by atoms with E-state index in [9.17, 15) is 46.0 Å². The zero-order valence-corrected chi connectivity index (χ0v) is 87.4. The maximum atomic E-state index is 12.8.